The molecule has 2 N–H and O–H groups in total. The number of nitrogens with zero attached hydrogens (tertiary/aromatic N) is 1. The fourth-order valence-electron chi connectivity index (χ4n) is 0.903. The number of hydrogen-bond donors (Lipinski definition) is 1. The summed E-state index contributed by atoms with van der Waals surface area (Å²) in [7, 11) is 0. The second-order valence-corrected chi connectivity index (χ2v) is 2.21. The van der Waals surface area contributed by atoms with Crippen LogP contribution in [0.3, 0.4) is 0 Å². The Morgan fingerprint density at radius 1 is 1.71 bits per heavy atom. The normalized spacial score (nSPS) is 42.0. The lowest BCUT2D eigenvalue weighted by Gasteiger charge is -1.94. The Labute approximate surface area is 44.1 Å². The van der Waals surface area contributed by atoms with Gasteiger partial charge in [-0.3, -0.25) is 0 Å². The molecule has 2 heteroatoms. The summed E-state index contributed by atoms with van der Waals surface area (Å²) in [5, 5.41) is 4.19. The van der Waals surface area contributed by atoms with Gasteiger partial charge in [-0.1, -0.05) is 0 Å². The van der Waals surface area contributed by atoms with E-state index < -0.39 is 0 Å². The lowest BCUT2D eigenvalue weighted by molar-refractivity contribution is 0.647. The lowest BCUT2D eigenvalue weighted by Crippen LogP contribution is -2.19. The number of nitrogens with two attached hydrogens (primary N) is 1. The van der Waals surface area contributed by atoms with Gasteiger partial charge < -0.3 is 5.73 Å². The first kappa shape index (κ1) is 5.06. The zero-order valence-corrected chi connectivity index (χ0v) is 4.59. The molecule has 0 aromatic rings. The molecule has 0 saturated carbocycles. The van der Waals surface area contributed by atoms with Crippen LogP contribution >= 0.6 is 0 Å². The highest BCUT2D eigenvalue weighted by Crippen LogP contribution is 2.03. The molecule has 0 amide bonds. The minimum absolute atomic E-state index is 0.356. The predicted molar refractivity (Wildman–Crippen MR) is 29.1 cm³/mol. The van der Waals surface area contributed by atoms with Crippen LogP contribution in [-0.2, 0) is 0 Å². The van der Waals surface area contributed by atoms with E-state index in [4.69, 9.17) is 5.73 Å². The summed E-state index contributed by atoms with van der Waals surface area (Å²) in [5.41, 5.74) is 5.53. The van der Waals surface area contributed by atoms with E-state index in [1.807, 2.05) is 0 Å². The molecular weight excluding hydrogens is 88.1 g/mol. The average Bonchev–Trinajstić information content (AvgIpc) is 1.87. The van der Waals surface area contributed by atoms with Crippen LogP contribution in [-0.4, -0.2) is 18.6 Å². The maximum Gasteiger partial charge on any atom is 0.0289 e. The molecule has 1 aliphatic rings. The van der Waals surface area contributed by atoms with Crippen molar-refractivity contribution in [2.45, 2.75) is 25.4 Å². The first-order valence-electron chi connectivity index (χ1n) is 2.71. The van der Waals surface area contributed by atoms with Gasteiger partial charge in [0.2, 0.25) is 0 Å². The zero-order valence-electron chi connectivity index (χ0n) is 4.59. The van der Waals surface area contributed by atoms with Gasteiger partial charge in [0.25, 0.3) is 0 Å². The van der Waals surface area contributed by atoms with Crippen molar-refractivity contribution in [1.82, 2.24) is 5.32 Å². The van der Waals surface area contributed by atoms with E-state index in [0.29, 0.717) is 12.1 Å². The van der Waals surface area contributed by atoms with Crippen molar-refractivity contribution in [2.75, 3.05) is 6.54 Å². The molecule has 2 atom stereocenters. The van der Waals surface area contributed by atoms with Crippen LogP contribution in [0.2, 0.25) is 0 Å². The summed E-state index contributed by atoms with van der Waals surface area (Å²) < 4.78 is 0. The van der Waals surface area contributed by atoms with Crippen LogP contribution in [0.5, 0.6) is 0 Å². The van der Waals surface area contributed by atoms with E-state index in [1.165, 1.54) is 0 Å². The summed E-state index contributed by atoms with van der Waals surface area (Å²) >= 11 is 0. The van der Waals surface area contributed by atoms with Crippen LogP contribution < -0.4 is 11.1 Å². The van der Waals surface area contributed by atoms with Crippen LogP contribution in [0.15, 0.2) is 0 Å². The van der Waals surface area contributed by atoms with E-state index in [9.17, 15) is 0 Å². The van der Waals surface area contributed by atoms with Crippen LogP contribution in [0, 0.1) is 0 Å². The van der Waals surface area contributed by atoms with E-state index in [2.05, 4.69) is 12.2 Å². The Morgan fingerprint density at radius 2 is 2.43 bits per heavy atom. The monoisotopic (exact) mass is 99.1 g/mol. The van der Waals surface area contributed by atoms with Crippen LogP contribution in [0.25, 0.3) is 0 Å². The van der Waals surface area contributed by atoms with E-state index in [1.54, 1.807) is 0 Å². The van der Waals surface area contributed by atoms with E-state index >= 15 is 0 Å². The molecule has 2 nitrogen and oxygen atoms in total. The van der Waals surface area contributed by atoms with Crippen molar-refractivity contribution in [2.24, 2.45) is 5.73 Å². The lowest BCUT2D eigenvalue weighted by atomic mass is 10.2. The number of rotatable bonds is 0. The molecule has 0 aromatic carbocycles. The van der Waals surface area contributed by atoms with E-state index in [-0.39, 0.29) is 0 Å². The Balaban J connectivity index is 2.26. The molecular formula is C5H11N2. The minimum atomic E-state index is 0.356. The third-order valence-electron chi connectivity index (χ3n) is 1.30. The van der Waals surface area contributed by atoms with Gasteiger partial charge in [0.05, 0.1) is 0 Å². The first-order valence-corrected chi connectivity index (χ1v) is 2.71. The van der Waals surface area contributed by atoms with E-state index in [0.717, 1.165) is 13.0 Å². The Morgan fingerprint density at radius 3 is 2.57 bits per heavy atom. The molecule has 0 aromatic heterocycles. The molecule has 1 rings (SSSR count). The highest BCUT2D eigenvalue weighted by atomic mass is 15.0. The van der Waals surface area contributed by atoms with Crippen LogP contribution in [0.1, 0.15) is 13.3 Å². The maximum atomic E-state index is 5.53. The molecule has 1 aliphatic heterocycles. The summed E-state index contributed by atoms with van der Waals surface area (Å²) in [4.78, 5) is 0. The summed E-state index contributed by atoms with van der Waals surface area (Å²) in [6.45, 7) is 2.98. The molecule has 0 bridgehead atoms. The van der Waals surface area contributed by atoms with Crippen molar-refractivity contribution in [3.05, 3.63) is 0 Å². The number of hydrogen-bond acceptors (Lipinski definition) is 1. The Bertz CT molecular complexity index is 55.1. The molecule has 0 aliphatic carbocycles. The molecule has 1 heterocycles. The largest absolute Gasteiger partial charge is 0.326 e. The topological polar surface area (TPSA) is 40.1 Å². The SMILES string of the molecule is CC1CC(N)C[N]1. The van der Waals surface area contributed by atoms with Gasteiger partial charge in [-0.25, -0.2) is 5.32 Å². The second kappa shape index (κ2) is 1.80. The highest BCUT2D eigenvalue weighted by molar-refractivity contribution is 4.79. The summed E-state index contributed by atoms with van der Waals surface area (Å²) in [6, 6.07) is 0.880. The third kappa shape index (κ3) is 1.14. The third-order valence-corrected chi connectivity index (χ3v) is 1.30. The van der Waals surface area contributed by atoms with Crippen molar-refractivity contribution in [1.29, 1.82) is 0 Å². The molecule has 1 fully saturated rings. The van der Waals surface area contributed by atoms with Gasteiger partial charge in [-0.15, -0.1) is 0 Å². The highest BCUT2D eigenvalue weighted by Gasteiger charge is 2.16. The first-order chi connectivity index (χ1) is 3.29. The Hall–Kier alpha value is -0.0800. The van der Waals surface area contributed by atoms with Crippen molar-refractivity contribution >= 4 is 0 Å². The fraction of sp³-hybridized carbons (Fsp3) is 1.00. The standard InChI is InChI=1S/C5H11N2/c1-4-2-5(6)3-7-4/h4-5H,2-3,6H2,1H3. The second-order valence-electron chi connectivity index (χ2n) is 2.21. The molecule has 2 unspecified atom stereocenters. The Kier molecular flexibility index (Phi) is 1.30. The minimum Gasteiger partial charge on any atom is -0.326 e. The molecule has 41 valence electrons. The van der Waals surface area contributed by atoms with Crippen molar-refractivity contribution in [3.63, 3.8) is 0 Å². The molecule has 1 saturated heterocycles. The van der Waals surface area contributed by atoms with Gasteiger partial charge in [-0.2, -0.15) is 0 Å². The van der Waals surface area contributed by atoms with Gasteiger partial charge in [0, 0.05) is 18.6 Å². The van der Waals surface area contributed by atoms with Gasteiger partial charge in [-0.05, 0) is 13.3 Å². The fourth-order valence-corrected chi connectivity index (χ4v) is 0.903. The van der Waals surface area contributed by atoms with Gasteiger partial charge in [0.15, 0.2) is 0 Å². The molecule has 1 radical (unpaired) electrons. The van der Waals surface area contributed by atoms with Gasteiger partial charge in [0.1, 0.15) is 0 Å². The summed E-state index contributed by atoms with van der Waals surface area (Å²) in [5.74, 6) is 0. The smallest absolute Gasteiger partial charge is 0.0289 e. The van der Waals surface area contributed by atoms with Crippen molar-refractivity contribution < 1.29 is 0 Å². The van der Waals surface area contributed by atoms with Crippen LogP contribution in [0.4, 0.5) is 0 Å². The average molecular weight is 99.2 g/mol. The maximum absolute atomic E-state index is 5.53. The van der Waals surface area contributed by atoms with Gasteiger partial charge >= 0.3 is 0 Å². The zero-order chi connectivity index (χ0) is 5.28. The van der Waals surface area contributed by atoms with Crippen molar-refractivity contribution in [3.8, 4) is 0 Å². The summed E-state index contributed by atoms with van der Waals surface area (Å²) in [6.07, 6.45) is 1.08. The predicted octanol–water partition coefficient (Wildman–Crippen LogP) is -0.290. The quantitative estimate of drug-likeness (QED) is 0.445. The molecule has 0 spiro atoms. The molecule has 7 heavy (non-hydrogen) atoms.